The lowest BCUT2D eigenvalue weighted by Gasteiger charge is -1.99. The molecule has 2 aromatic heterocycles. The lowest BCUT2D eigenvalue weighted by molar-refractivity contribution is 1.32. The second-order valence-corrected chi connectivity index (χ2v) is 4.46. The molecule has 0 spiro atoms. The van der Waals surface area contributed by atoms with Crippen molar-refractivity contribution in [2.45, 2.75) is 0 Å². The number of rotatable bonds is 2. The van der Waals surface area contributed by atoms with E-state index in [1.807, 2.05) is 42.6 Å². The Kier molecular flexibility index (Phi) is 3.10. The molecule has 3 aromatic rings. The Bertz CT molecular complexity index is 826. The first kappa shape index (κ1) is 12.2. The third-order valence-electron chi connectivity index (χ3n) is 3.11. The van der Waals surface area contributed by atoms with Crippen molar-refractivity contribution in [3.63, 3.8) is 0 Å². The highest BCUT2D eigenvalue weighted by molar-refractivity contribution is 6.33. The van der Waals surface area contributed by atoms with Crippen LogP contribution in [0, 0.1) is 11.3 Å². The summed E-state index contributed by atoms with van der Waals surface area (Å²) in [5.74, 6) is 0. The van der Waals surface area contributed by atoms with Crippen LogP contribution in [-0.2, 0) is 0 Å². The highest BCUT2D eigenvalue weighted by Crippen LogP contribution is 2.25. The lowest BCUT2D eigenvalue weighted by atomic mass is 9.93. The van der Waals surface area contributed by atoms with Gasteiger partial charge in [0.05, 0.1) is 11.6 Å². The smallest absolute Gasteiger partial charge is 0.113 e. The second kappa shape index (κ2) is 5.06. The predicted octanol–water partition coefficient (Wildman–Crippen LogP) is 2.42. The lowest BCUT2D eigenvalue weighted by Crippen LogP contribution is -1.99. The van der Waals surface area contributed by atoms with Gasteiger partial charge in [0.1, 0.15) is 7.85 Å². The summed E-state index contributed by atoms with van der Waals surface area (Å²) in [6, 6.07) is 11.6. The van der Waals surface area contributed by atoms with Crippen LogP contribution in [0.3, 0.4) is 0 Å². The Hall–Kier alpha value is -2.80. The van der Waals surface area contributed by atoms with Crippen LogP contribution in [0.4, 0.5) is 0 Å². The van der Waals surface area contributed by atoms with Gasteiger partial charge < -0.3 is 4.98 Å². The molecule has 0 aliphatic rings. The maximum atomic E-state index is 9.40. The van der Waals surface area contributed by atoms with Crippen molar-refractivity contribution >= 4 is 35.9 Å². The molecule has 0 amide bonds. The largest absolute Gasteiger partial charge is 0.361 e. The van der Waals surface area contributed by atoms with Gasteiger partial charge in [-0.25, -0.2) is 0 Å². The van der Waals surface area contributed by atoms with E-state index in [9.17, 15) is 5.26 Å². The molecule has 0 unspecified atom stereocenters. The zero-order chi connectivity index (χ0) is 13.9. The normalized spacial score (nSPS) is 11.4. The van der Waals surface area contributed by atoms with Crippen molar-refractivity contribution in [3.8, 4) is 6.07 Å². The van der Waals surface area contributed by atoms with E-state index in [-0.39, 0.29) is 0 Å². The molecule has 1 N–H and O–H groups in total. The molecular formula is C16H10BN3. The number of fused-ring (bicyclic) bond motifs is 1. The van der Waals surface area contributed by atoms with E-state index in [2.05, 4.69) is 16.0 Å². The van der Waals surface area contributed by atoms with Crippen LogP contribution in [0.5, 0.6) is 0 Å². The summed E-state index contributed by atoms with van der Waals surface area (Å²) in [5.41, 5.74) is 3.95. The monoisotopic (exact) mass is 255 g/mol. The van der Waals surface area contributed by atoms with Gasteiger partial charge in [-0.1, -0.05) is 23.7 Å². The predicted molar refractivity (Wildman–Crippen MR) is 81.4 cm³/mol. The van der Waals surface area contributed by atoms with Crippen molar-refractivity contribution < 1.29 is 0 Å². The second-order valence-electron chi connectivity index (χ2n) is 4.46. The number of hydrogen-bond acceptors (Lipinski definition) is 2. The summed E-state index contributed by atoms with van der Waals surface area (Å²) in [7, 11) is 5.82. The van der Waals surface area contributed by atoms with Crippen LogP contribution in [-0.4, -0.2) is 17.8 Å². The number of benzene rings is 1. The molecule has 92 valence electrons. The standard InChI is InChI=1S/C16H10BN3/c17-13-3-4-16-14(7-13)15(10-20-16)12(8-18)6-11-2-1-5-19-9-11/h1-7,9-10,20H/b12-6+. The number of nitrogens with one attached hydrogen (secondary N) is 1. The van der Waals surface area contributed by atoms with Crippen molar-refractivity contribution in [2.75, 3.05) is 0 Å². The number of aromatic amines is 1. The number of aromatic nitrogens is 2. The van der Waals surface area contributed by atoms with Crippen LogP contribution in [0.15, 0.2) is 48.9 Å². The minimum Gasteiger partial charge on any atom is -0.361 e. The number of hydrogen-bond donors (Lipinski definition) is 1. The molecule has 2 heterocycles. The van der Waals surface area contributed by atoms with Gasteiger partial charge >= 0.3 is 0 Å². The highest BCUT2D eigenvalue weighted by Gasteiger charge is 2.08. The number of nitriles is 1. The van der Waals surface area contributed by atoms with Gasteiger partial charge in [0.15, 0.2) is 0 Å². The first-order valence-corrected chi connectivity index (χ1v) is 6.17. The van der Waals surface area contributed by atoms with Crippen molar-refractivity contribution in [3.05, 3.63) is 60.0 Å². The van der Waals surface area contributed by atoms with E-state index in [0.29, 0.717) is 11.0 Å². The van der Waals surface area contributed by atoms with Crippen molar-refractivity contribution in [1.82, 2.24) is 9.97 Å². The Morgan fingerprint density at radius 2 is 2.25 bits per heavy atom. The molecule has 1 aromatic carbocycles. The third-order valence-corrected chi connectivity index (χ3v) is 3.11. The van der Waals surface area contributed by atoms with E-state index in [1.54, 1.807) is 12.4 Å². The van der Waals surface area contributed by atoms with Crippen LogP contribution in [0.2, 0.25) is 0 Å². The number of allylic oxidation sites excluding steroid dienone is 1. The van der Waals surface area contributed by atoms with Crippen LogP contribution >= 0.6 is 0 Å². The van der Waals surface area contributed by atoms with Crippen molar-refractivity contribution in [2.24, 2.45) is 0 Å². The molecule has 0 fully saturated rings. The van der Waals surface area contributed by atoms with Gasteiger partial charge in [0.2, 0.25) is 0 Å². The first-order chi connectivity index (χ1) is 9.78. The van der Waals surface area contributed by atoms with Crippen molar-refractivity contribution in [1.29, 1.82) is 5.26 Å². The Labute approximate surface area is 118 Å². The quantitative estimate of drug-likeness (QED) is 0.564. The van der Waals surface area contributed by atoms with E-state index < -0.39 is 0 Å². The molecule has 0 saturated carbocycles. The molecule has 4 heteroatoms. The molecule has 0 aliphatic heterocycles. The molecule has 0 bridgehead atoms. The van der Waals surface area contributed by atoms with Gasteiger partial charge in [-0.05, 0) is 23.8 Å². The van der Waals surface area contributed by atoms with Gasteiger partial charge in [0.25, 0.3) is 0 Å². The summed E-state index contributed by atoms with van der Waals surface area (Å²) in [6.45, 7) is 0. The minimum absolute atomic E-state index is 0.579. The zero-order valence-corrected chi connectivity index (χ0v) is 10.7. The minimum atomic E-state index is 0.579. The fourth-order valence-corrected chi connectivity index (χ4v) is 2.16. The molecule has 2 radical (unpaired) electrons. The molecular weight excluding hydrogens is 245 g/mol. The number of nitrogens with zero attached hydrogens (tertiary/aromatic N) is 2. The van der Waals surface area contributed by atoms with Crippen LogP contribution in [0.1, 0.15) is 11.1 Å². The maximum Gasteiger partial charge on any atom is 0.113 e. The zero-order valence-electron chi connectivity index (χ0n) is 10.7. The van der Waals surface area contributed by atoms with Gasteiger partial charge in [-0.15, -0.1) is 0 Å². The fourth-order valence-electron chi connectivity index (χ4n) is 2.16. The van der Waals surface area contributed by atoms with E-state index in [1.165, 1.54) is 0 Å². The summed E-state index contributed by atoms with van der Waals surface area (Å²) < 4.78 is 0. The average Bonchev–Trinajstić information content (AvgIpc) is 2.89. The molecule has 0 saturated heterocycles. The van der Waals surface area contributed by atoms with E-state index >= 15 is 0 Å². The first-order valence-electron chi connectivity index (χ1n) is 6.17. The number of H-pyrrole nitrogens is 1. The third kappa shape index (κ3) is 2.22. The van der Waals surface area contributed by atoms with Gasteiger partial charge in [0, 0.05) is 35.1 Å². The van der Waals surface area contributed by atoms with Crippen LogP contribution in [0.25, 0.3) is 22.6 Å². The number of pyridine rings is 1. The molecule has 20 heavy (non-hydrogen) atoms. The highest BCUT2D eigenvalue weighted by atomic mass is 14.7. The maximum absolute atomic E-state index is 9.40. The van der Waals surface area contributed by atoms with Gasteiger partial charge in [-0.2, -0.15) is 5.26 Å². The van der Waals surface area contributed by atoms with E-state index in [0.717, 1.165) is 22.0 Å². The average molecular weight is 255 g/mol. The fraction of sp³-hybridized carbons (Fsp3) is 0. The SMILES string of the molecule is [B]c1ccc2[nH]cc(/C(C#N)=C/c3cccnc3)c2c1. The Morgan fingerprint density at radius 1 is 1.35 bits per heavy atom. The Morgan fingerprint density at radius 3 is 3.00 bits per heavy atom. The van der Waals surface area contributed by atoms with Gasteiger partial charge in [-0.3, -0.25) is 4.98 Å². The van der Waals surface area contributed by atoms with Crippen LogP contribution < -0.4 is 5.46 Å². The van der Waals surface area contributed by atoms with E-state index in [4.69, 9.17) is 7.85 Å². The molecule has 3 nitrogen and oxygen atoms in total. The summed E-state index contributed by atoms with van der Waals surface area (Å²) in [5, 5.41) is 10.4. The topological polar surface area (TPSA) is 52.5 Å². The summed E-state index contributed by atoms with van der Waals surface area (Å²) >= 11 is 0. The summed E-state index contributed by atoms with van der Waals surface area (Å²) in [4.78, 5) is 7.20. The summed E-state index contributed by atoms with van der Waals surface area (Å²) in [6.07, 6.45) is 7.07. The molecule has 0 aliphatic carbocycles. The Balaban J connectivity index is 2.16. The molecule has 0 atom stereocenters. The molecule has 3 rings (SSSR count).